The van der Waals surface area contributed by atoms with Gasteiger partial charge in [0.25, 0.3) is 0 Å². The molecule has 1 saturated carbocycles. The van der Waals surface area contributed by atoms with E-state index in [1.54, 1.807) is 0 Å². The number of likely N-dealkylation sites (N-methyl/N-ethyl adjacent to an activating group) is 1. The van der Waals surface area contributed by atoms with Gasteiger partial charge in [0, 0.05) is 18.6 Å². The largest absolute Gasteiger partial charge is 0.378 e. The molecule has 1 aliphatic heterocycles. The number of nitrogens with zero attached hydrogens (tertiary/aromatic N) is 1. The molecule has 5 nitrogen and oxygen atoms in total. The van der Waals surface area contributed by atoms with Gasteiger partial charge in [-0.2, -0.15) is 0 Å². The summed E-state index contributed by atoms with van der Waals surface area (Å²) in [5, 5.41) is 3.33. The molecule has 0 aromatic carbocycles. The van der Waals surface area contributed by atoms with Crippen molar-refractivity contribution in [2.45, 2.75) is 57.2 Å². The predicted molar refractivity (Wildman–Crippen MR) is 74.8 cm³/mol. The van der Waals surface area contributed by atoms with Crippen LogP contribution in [0, 0.1) is 0 Å². The van der Waals surface area contributed by atoms with Gasteiger partial charge in [-0.3, -0.25) is 9.69 Å². The number of nitrogens with one attached hydrogen (secondary N) is 1. The molecule has 1 aliphatic carbocycles. The van der Waals surface area contributed by atoms with E-state index in [0.717, 1.165) is 52.0 Å². The Morgan fingerprint density at radius 2 is 2.32 bits per heavy atom. The molecule has 2 rings (SSSR count). The van der Waals surface area contributed by atoms with E-state index in [1.165, 1.54) is 0 Å². The van der Waals surface area contributed by atoms with Crippen LogP contribution in [0.5, 0.6) is 0 Å². The second-order valence-electron chi connectivity index (χ2n) is 5.75. The molecule has 1 amide bonds. The van der Waals surface area contributed by atoms with Crippen LogP contribution < -0.4 is 11.1 Å². The average molecular weight is 269 g/mol. The van der Waals surface area contributed by atoms with Crippen molar-refractivity contribution < 1.29 is 9.53 Å². The third kappa shape index (κ3) is 2.93. The molecular formula is C14H27N3O2. The Morgan fingerprint density at radius 3 is 2.95 bits per heavy atom. The monoisotopic (exact) mass is 269 g/mol. The molecule has 1 heterocycles. The second-order valence-corrected chi connectivity index (χ2v) is 5.75. The van der Waals surface area contributed by atoms with E-state index in [2.05, 4.69) is 17.1 Å². The van der Waals surface area contributed by atoms with E-state index >= 15 is 0 Å². The molecule has 5 heteroatoms. The zero-order valence-corrected chi connectivity index (χ0v) is 12.2. The van der Waals surface area contributed by atoms with Crippen LogP contribution in [0.4, 0.5) is 0 Å². The quantitative estimate of drug-likeness (QED) is 0.762. The van der Waals surface area contributed by atoms with Crippen LogP contribution in [-0.2, 0) is 9.53 Å². The summed E-state index contributed by atoms with van der Waals surface area (Å²) in [6.45, 7) is 7.62. The van der Waals surface area contributed by atoms with Crippen LogP contribution in [0.25, 0.3) is 0 Å². The molecule has 2 fully saturated rings. The van der Waals surface area contributed by atoms with E-state index < -0.39 is 5.54 Å². The Kier molecular flexibility index (Phi) is 4.81. The molecule has 110 valence electrons. The zero-order valence-electron chi connectivity index (χ0n) is 12.2. The standard InChI is InChI=1S/C14H27N3O2/c1-3-11-10-19-8-7-17(11)12-5-6-14(9-12,13(15)18)16-4-2/h11-12,16H,3-10H2,1-2H3,(H2,15,18). The molecule has 3 atom stereocenters. The first-order valence-electron chi connectivity index (χ1n) is 7.51. The summed E-state index contributed by atoms with van der Waals surface area (Å²) in [5.41, 5.74) is 5.14. The van der Waals surface area contributed by atoms with E-state index in [-0.39, 0.29) is 5.91 Å². The van der Waals surface area contributed by atoms with Crippen LogP contribution in [0.15, 0.2) is 0 Å². The lowest BCUT2D eigenvalue weighted by atomic mass is 9.95. The molecule has 1 saturated heterocycles. The molecule has 0 bridgehead atoms. The maximum Gasteiger partial charge on any atom is 0.237 e. The summed E-state index contributed by atoms with van der Waals surface area (Å²) in [6.07, 6.45) is 3.84. The van der Waals surface area contributed by atoms with Crippen LogP contribution in [0.2, 0.25) is 0 Å². The molecular weight excluding hydrogens is 242 g/mol. The van der Waals surface area contributed by atoms with Gasteiger partial charge in [-0.1, -0.05) is 13.8 Å². The number of nitrogens with two attached hydrogens (primary N) is 1. The second kappa shape index (κ2) is 6.20. The maximum atomic E-state index is 11.8. The minimum Gasteiger partial charge on any atom is -0.378 e. The summed E-state index contributed by atoms with van der Waals surface area (Å²) in [7, 11) is 0. The van der Waals surface area contributed by atoms with Crippen molar-refractivity contribution in [3.63, 3.8) is 0 Å². The number of rotatable bonds is 5. The number of amides is 1. The summed E-state index contributed by atoms with van der Waals surface area (Å²) < 4.78 is 5.56. The minimum absolute atomic E-state index is 0.196. The van der Waals surface area contributed by atoms with E-state index in [4.69, 9.17) is 10.5 Å². The highest BCUT2D eigenvalue weighted by molar-refractivity contribution is 5.85. The Morgan fingerprint density at radius 1 is 1.53 bits per heavy atom. The molecule has 2 aliphatic rings. The summed E-state index contributed by atoms with van der Waals surface area (Å²) >= 11 is 0. The molecule has 0 aromatic rings. The maximum absolute atomic E-state index is 11.8. The highest BCUT2D eigenvalue weighted by Crippen LogP contribution is 2.34. The Labute approximate surface area is 115 Å². The summed E-state index contributed by atoms with van der Waals surface area (Å²) in [6, 6.07) is 0.949. The molecule has 3 N–H and O–H groups in total. The Bertz CT molecular complexity index is 324. The van der Waals surface area contributed by atoms with Crippen molar-refractivity contribution in [1.82, 2.24) is 10.2 Å². The third-order valence-corrected chi connectivity index (χ3v) is 4.69. The van der Waals surface area contributed by atoms with Crippen molar-refractivity contribution >= 4 is 5.91 Å². The zero-order chi connectivity index (χ0) is 13.9. The first kappa shape index (κ1) is 14.8. The number of carbonyl (C=O) groups is 1. The van der Waals surface area contributed by atoms with Gasteiger partial charge in [-0.15, -0.1) is 0 Å². The first-order valence-corrected chi connectivity index (χ1v) is 7.51. The minimum atomic E-state index is -0.490. The van der Waals surface area contributed by atoms with E-state index in [9.17, 15) is 4.79 Å². The lowest BCUT2D eigenvalue weighted by Crippen LogP contribution is -2.56. The smallest absolute Gasteiger partial charge is 0.237 e. The summed E-state index contributed by atoms with van der Waals surface area (Å²) in [4.78, 5) is 14.3. The van der Waals surface area contributed by atoms with Crippen molar-refractivity contribution in [2.75, 3.05) is 26.3 Å². The van der Waals surface area contributed by atoms with Gasteiger partial charge in [0.15, 0.2) is 0 Å². The van der Waals surface area contributed by atoms with Crippen LogP contribution in [0.3, 0.4) is 0 Å². The van der Waals surface area contributed by atoms with Crippen LogP contribution >= 0.6 is 0 Å². The molecule has 0 spiro atoms. The van der Waals surface area contributed by atoms with Crippen LogP contribution in [-0.4, -0.2) is 54.7 Å². The van der Waals surface area contributed by atoms with Gasteiger partial charge in [-0.05, 0) is 32.2 Å². The van der Waals surface area contributed by atoms with Crippen LogP contribution in [0.1, 0.15) is 39.5 Å². The molecule has 19 heavy (non-hydrogen) atoms. The van der Waals surface area contributed by atoms with Gasteiger partial charge in [0.05, 0.1) is 18.8 Å². The van der Waals surface area contributed by atoms with E-state index in [0.29, 0.717) is 12.1 Å². The van der Waals surface area contributed by atoms with Gasteiger partial charge in [-0.25, -0.2) is 0 Å². The van der Waals surface area contributed by atoms with Gasteiger partial charge in [0.2, 0.25) is 5.91 Å². The Hall–Kier alpha value is -0.650. The number of hydrogen-bond acceptors (Lipinski definition) is 4. The highest BCUT2D eigenvalue weighted by Gasteiger charge is 2.46. The topological polar surface area (TPSA) is 67.6 Å². The average Bonchev–Trinajstić information content (AvgIpc) is 2.84. The van der Waals surface area contributed by atoms with E-state index in [1.807, 2.05) is 6.92 Å². The number of carbonyl (C=O) groups excluding carboxylic acids is 1. The normalized spacial score (nSPS) is 36.5. The van der Waals surface area contributed by atoms with Crippen molar-refractivity contribution in [3.05, 3.63) is 0 Å². The lowest BCUT2D eigenvalue weighted by molar-refractivity contribution is -0.124. The van der Waals surface area contributed by atoms with Gasteiger partial charge >= 0.3 is 0 Å². The SMILES string of the molecule is CCNC1(C(N)=O)CCC(N2CCOCC2CC)C1. The molecule has 3 unspecified atom stereocenters. The number of ether oxygens (including phenoxy) is 1. The number of morpholine rings is 1. The third-order valence-electron chi connectivity index (χ3n) is 4.69. The summed E-state index contributed by atoms with van der Waals surface area (Å²) in [5.74, 6) is -0.196. The molecule has 0 radical (unpaired) electrons. The predicted octanol–water partition coefficient (Wildman–Crippen LogP) is 0.483. The fraction of sp³-hybridized carbons (Fsp3) is 0.929. The highest BCUT2D eigenvalue weighted by atomic mass is 16.5. The van der Waals surface area contributed by atoms with Crippen molar-refractivity contribution in [2.24, 2.45) is 5.73 Å². The van der Waals surface area contributed by atoms with Gasteiger partial charge in [0.1, 0.15) is 0 Å². The molecule has 0 aromatic heterocycles. The number of primary amides is 1. The fourth-order valence-electron chi connectivity index (χ4n) is 3.61. The van der Waals surface area contributed by atoms with Crippen molar-refractivity contribution in [3.8, 4) is 0 Å². The lowest BCUT2D eigenvalue weighted by Gasteiger charge is -2.40. The van der Waals surface area contributed by atoms with Crippen molar-refractivity contribution in [1.29, 1.82) is 0 Å². The number of hydrogen-bond donors (Lipinski definition) is 2. The Balaban J connectivity index is 2.05. The fourth-order valence-corrected chi connectivity index (χ4v) is 3.61. The van der Waals surface area contributed by atoms with Gasteiger partial charge < -0.3 is 15.8 Å². The first-order chi connectivity index (χ1) is 9.13.